The number of carboxylic acids is 1. The number of aliphatic carboxylic acids is 1. The number of alkyl halides is 1. The van der Waals surface area contributed by atoms with Crippen molar-refractivity contribution in [3.05, 3.63) is 11.8 Å². The van der Waals surface area contributed by atoms with Crippen LogP contribution < -0.4 is 70.4 Å². The van der Waals surface area contributed by atoms with Crippen LogP contribution in [0.4, 0.5) is 0 Å². The molecule has 1 rings (SSSR count). The van der Waals surface area contributed by atoms with Crippen LogP contribution in [-0.2, 0) is 62.3 Å². The first-order chi connectivity index (χ1) is 39.8. The van der Waals surface area contributed by atoms with Crippen LogP contribution in [0.5, 0.6) is 0 Å². The highest BCUT2D eigenvalue weighted by molar-refractivity contribution is 6.18. The minimum absolute atomic E-state index is 0.131. The fraction of sp³-hybridized carbons (Fsp3) is 0.731. The van der Waals surface area contributed by atoms with Gasteiger partial charge in [0.15, 0.2) is 12.1 Å². The lowest BCUT2D eigenvalue weighted by Gasteiger charge is -2.29. The molecule has 478 valence electrons. The van der Waals surface area contributed by atoms with Crippen LogP contribution in [0, 0.1) is 0 Å². The van der Waals surface area contributed by atoms with E-state index in [9.17, 15) is 83.1 Å². The first kappa shape index (κ1) is 75.4. The van der Waals surface area contributed by atoms with E-state index >= 15 is 0 Å². The van der Waals surface area contributed by atoms with Crippen molar-refractivity contribution in [3.63, 3.8) is 0 Å². The number of amides is 10. The number of carbonyl (C=O) groups excluding carboxylic acids is 11. The van der Waals surface area contributed by atoms with Gasteiger partial charge < -0.3 is 101 Å². The van der Waals surface area contributed by atoms with Crippen molar-refractivity contribution < 1.29 is 87.8 Å². The Bertz CT molecular complexity index is 2210. The summed E-state index contributed by atoms with van der Waals surface area (Å²) in [6.45, 7) is 2.75. The van der Waals surface area contributed by atoms with Crippen LogP contribution >= 0.6 is 11.6 Å². The zero-order valence-corrected chi connectivity index (χ0v) is 49.0. The summed E-state index contributed by atoms with van der Waals surface area (Å²) in [7, 11) is 1.05. The van der Waals surface area contributed by atoms with Gasteiger partial charge in [0.05, 0.1) is 37.0 Å². The third kappa shape index (κ3) is 27.9. The van der Waals surface area contributed by atoms with Gasteiger partial charge in [-0.1, -0.05) is 70.8 Å². The molecule has 1 aliphatic rings. The number of nitrogens with one attached hydrogen (secondary N) is 10. The second-order valence-electron chi connectivity index (χ2n) is 20.1. The standard InChI is InChI=1S/C52H90ClN13O18/c1-5-7-8-9-10-11-12-13-14-17-29(68)24-37(70)58-35-27-84-52(83)40(36(69)26-53)65-50(81)41(42(73)51(82)57-4)66-43(74)30(6-2)59-49(80)39(28(3)67)64-46(77)33(20-23-56)61-44(75)31(18-15-16-21-54)60-47(78)34(25-38(71)72)63-45(76)32(19-22-55)62-48(35)79/h6,28-29,31-36,39-42,67-69,73H,5,7-27,54-56H2,1-4H3,(H,57,82)(H,58,70)(H,59,80)(H,60,78)(H,61,75)(H,62,79)(H,63,76)(H,64,77)(H,65,81)(H,66,74)(H,71,72)/b30-6+/t28-,29+,31-,32+,33-,34-,35-,36+,39-,40-,41-,42-/m0/s1. The molecule has 31 nitrogen and oxygen atoms in total. The number of rotatable bonds is 28. The van der Waals surface area contributed by atoms with Gasteiger partial charge in [0, 0.05) is 7.05 Å². The average molecular weight is 1220 g/mol. The fourth-order valence-corrected chi connectivity index (χ4v) is 8.56. The molecule has 0 saturated carbocycles. The molecule has 0 bridgehead atoms. The summed E-state index contributed by atoms with van der Waals surface area (Å²) in [5.74, 6) is -16.5. The zero-order chi connectivity index (χ0) is 63.5. The predicted molar refractivity (Wildman–Crippen MR) is 302 cm³/mol. The topological polar surface area (TPSA) is 514 Å². The number of likely N-dealkylation sites (N-methyl/N-ethyl adjacent to an activating group) is 1. The van der Waals surface area contributed by atoms with E-state index in [2.05, 4.69) is 49.5 Å². The number of nitrogens with two attached hydrogens (primary N) is 3. The van der Waals surface area contributed by atoms with Gasteiger partial charge in [-0.15, -0.1) is 11.6 Å². The molecule has 84 heavy (non-hydrogen) atoms. The maximum Gasteiger partial charge on any atom is 0.331 e. The minimum Gasteiger partial charge on any atom is -0.481 e. The van der Waals surface area contributed by atoms with Gasteiger partial charge in [-0.05, 0) is 72.0 Å². The average Bonchev–Trinajstić information content (AvgIpc) is 3.66. The van der Waals surface area contributed by atoms with Crippen LogP contribution in [0.2, 0.25) is 0 Å². The number of carbonyl (C=O) groups is 12. The molecular formula is C52H90ClN13O18. The molecule has 1 heterocycles. The van der Waals surface area contributed by atoms with Crippen LogP contribution in [-0.4, -0.2) is 208 Å². The number of ether oxygens (including phenoxy) is 1. The Labute approximate surface area is 493 Å². The first-order valence-corrected chi connectivity index (χ1v) is 28.8. The van der Waals surface area contributed by atoms with E-state index < -0.39 is 181 Å². The maximum atomic E-state index is 14.2. The monoisotopic (exact) mass is 1220 g/mol. The highest BCUT2D eigenvalue weighted by Crippen LogP contribution is 2.14. The lowest BCUT2D eigenvalue weighted by molar-refractivity contribution is -0.154. The summed E-state index contributed by atoms with van der Waals surface area (Å²) < 4.78 is 5.33. The van der Waals surface area contributed by atoms with E-state index in [0.29, 0.717) is 12.8 Å². The van der Waals surface area contributed by atoms with Crippen LogP contribution in [0.25, 0.3) is 0 Å². The Morgan fingerprint density at radius 3 is 1.67 bits per heavy atom. The predicted octanol–water partition coefficient (Wildman–Crippen LogP) is -5.50. The molecule has 0 unspecified atom stereocenters. The van der Waals surface area contributed by atoms with Gasteiger partial charge in [0.1, 0.15) is 54.6 Å². The number of halogens is 1. The lowest BCUT2D eigenvalue weighted by atomic mass is 10.0. The number of hydrogen-bond acceptors (Lipinski definition) is 20. The number of allylic oxidation sites excluding steroid dienone is 1. The molecule has 1 fully saturated rings. The van der Waals surface area contributed by atoms with Crippen LogP contribution in [0.1, 0.15) is 130 Å². The zero-order valence-electron chi connectivity index (χ0n) is 48.2. The summed E-state index contributed by atoms with van der Waals surface area (Å²) in [5, 5.41) is 75.5. The van der Waals surface area contributed by atoms with Crippen LogP contribution in [0.3, 0.4) is 0 Å². The Hall–Kier alpha value is -6.61. The number of carboxylic acid groups (broad SMARTS) is 1. The molecule has 32 heteroatoms. The van der Waals surface area contributed by atoms with E-state index in [1.54, 1.807) is 0 Å². The summed E-state index contributed by atoms with van der Waals surface area (Å²) in [6.07, 6.45) is 0.288. The Balaban J connectivity index is 4.04. The molecule has 0 spiro atoms. The van der Waals surface area contributed by atoms with Gasteiger partial charge >= 0.3 is 11.9 Å². The normalized spacial score (nSPS) is 24.3. The van der Waals surface area contributed by atoms with Crippen molar-refractivity contribution in [2.45, 2.75) is 203 Å². The van der Waals surface area contributed by atoms with Crippen molar-refractivity contribution in [1.29, 1.82) is 0 Å². The molecule has 0 aromatic heterocycles. The Morgan fingerprint density at radius 2 is 1.15 bits per heavy atom. The fourth-order valence-electron chi connectivity index (χ4n) is 8.38. The largest absolute Gasteiger partial charge is 0.481 e. The van der Waals surface area contributed by atoms with E-state index in [1.165, 1.54) is 6.92 Å². The number of hydrogen-bond donors (Lipinski definition) is 18. The Morgan fingerprint density at radius 1 is 0.643 bits per heavy atom. The number of aliphatic hydroxyl groups is 4. The van der Waals surface area contributed by atoms with E-state index in [4.69, 9.17) is 33.5 Å². The van der Waals surface area contributed by atoms with E-state index in [-0.39, 0.29) is 45.3 Å². The van der Waals surface area contributed by atoms with Crippen molar-refractivity contribution in [2.75, 3.05) is 39.2 Å². The molecule has 0 aromatic rings. The quantitative estimate of drug-likeness (QED) is 0.0150. The first-order valence-electron chi connectivity index (χ1n) is 28.2. The van der Waals surface area contributed by atoms with Gasteiger partial charge in [0.25, 0.3) is 11.8 Å². The second-order valence-corrected chi connectivity index (χ2v) is 20.5. The van der Waals surface area contributed by atoms with Crippen molar-refractivity contribution >= 4 is 82.6 Å². The van der Waals surface area contributed by atoms with E-state index in [0.717, 1.165) is 71.4 Å². The molecular weight excluding hydrogens is 1130 g/mol. The number of aliphatic hydroxyl groups excluding tert-OH is 4. The summed E-state index contributed by atoms with van der Waals surface area (Å²) in [6, 6.07) is -15.5. The van der Waals surface area contributed by atoms with Gasteiger partial charge in [-0.3, -0.25) is 52.7 Å². The van der Waals surface area contributed by atoms with Crippen molar-refractivity contribution in [3.8, 4) is 0 Å². The molecule has 0 aliphatic carbocycles. The van der Waals surface area contributed by atoms with Crippen molar-refractivity contribution in [1.82, 2.24) is 53.2 Å². The molecule has 21 N–H and O–H groups in total. The third-order valence-electron chi connectivity index (χ3n) is 13.2. The van der Waals surface area contributed by atoms with Crippen molar-refractivity contribution in [2.24, 2.45) is 17.2 Å². The lowest BCUT2D eigenvalue weighted by Crippen LogP contribution is -2.63. The van der Waals surface area contributed by atoms with Gasteiger partial charge in [0.2, 0.25) is 47.3 Å². The SMILES string of the molecule is C/C=C1/NC(=O)[C@H]([C@H](C)O)NC(=O)[C@H](CCN)NC(=O)[C@H](CCCCN)NC(=O)[C@H](CC(=O)O)NC(=O)[C@@H](CCN)NC(=O)[C@@H](NC(=O)C[C@H](O)CCCCCCCCCCC)COC(=O)[C@H]([C@H](O)CCl)NC(=O)[C@H]([C@H](O)C(=O)NC)NC1=O. The number of unbranched alkanes of at least 4 members (excludes halogenated alkanes) is 9. The molecule has 1 aliphatic heterocycles. The van der Waals surface area contributed by atoms with Crippen LogP contribution in [0.15, 0.2) is 11.8 Å². The Kier molecular flexibility index (Phi) is 37.2. The van der Waals surface area contributed by atoms with Gasteiger partial charge in [-0.25, -0.2) is 4.79 Å². The molecule has 12 atom stereocenters. The number of cyclic esters (lactones) is 1. The maximum absolute atomic E-state index is 14.2. The summed E-state index contributed by atoms with van der Waals surface area (Å²) >= 11 is 5.91. The minimum atomic E-state index is -2.48. The third-order valence-corrected chi connectivity index (χ3v) is 13.5. The molecule has 0 aromatic carbocycles. The smallest absolute Gasteiger partial charge is 0.331 e. The second kappa shape index (κ2) is 41.4. The van der Waals surface area contributed by atoms with Gasteiger partial charge in [-0.2, -0.15) is 0 Å². The molecule has 10 amide bonds. The number of esters is 1. The molecule has 0 radical (unpaired) electrons. The summed E-state index contributed by atoms with van der Waals surface area (Å²) in [4.78, 5) is 164. The summed E-state index contributed by atoms with van der Waals surface area (Å²) in [5.41, 5.74) is 16.5. The highest BCUT2D eigenvalue weighted by atomic mass is 35.5. The van der Waals surface area contributed by atoms with E-state index in [1.807, 2.05) is 10.6 Å². The molecule has 1 saturated heterocycles. The highest BCUT2D eigenvalue weighted by Gasteiger charge is 2.40.